The maximum Gasteiger partial charge on any atom is 0.235 e. The molecule has 1 aliphatic rings. The van der Waals surface area contributed by atoms with Crippen molar-refractivity contribution < 1.29 is 18.2 Å². The molecule has 2 aromatic rings. The minimum Gasteiger partial charge on any atom is -0.497 e. The Balaban J connectivity index is 1.63. The van der Waals surface area contributed by atoms with Crippen molar-refractivity contribution in [3.8, 4) is 17.2 Å². The maximum atomic E-state index is 12.4. The van der Waals surface area contributed by atoms with Gasteiger partial charge in [0.2, 0.25) is 11.8 Å². The smallest absolute Gasteiger partial charge is 0.235 e. The third-order valence-electron chi connectivity index (χ3n) is 4.52. The van der Waals surface area contributed by atoms with Crippen molar-refractivity contribution in [3.05, 3.63) is 35.7 Å². The molecule has 1 saturated heterocycles. The molecule has 1 aromatic heterocycles. The second-order valence-corrected chi connectivity index (χ2v) is 7.88. The summed E-state index contributed by atoms with van der Waals surface area (Å²) in [5.74, 6) is 2.12. The summed E-state index contributed by atoms with van der Waals surface area (Å²) in [5.41, 5.74) is 1.47. The van der Waals surface area contributed by atoms with Crippen LogP contribution in [0.4, 0.5) is 0 Å². The number of aryl methyl sites for hydroxylation is 1. The Hall–Kier alpha value is -2.15. The minimum absolute atomic E-state index is 0.0282. The van der Waals surface area contributed by atoms with E-state index in [4.69, 9.17) is 9.15 Å². The van der Waals surface area contributed by atoms with E-state index in [0.29, 0.717) is 17.3 Å². The first kappa shape index (κ1) is 18.6. The summed E-state index contributed by atoms with van der Waals surface area (Å²) in [5, 5.41) is 0. The van der Waals surface area contributed by atoms with Crippen LogP contribution in [0, 0.1) is 6.92 Å². The third kappa shape index (κ3) is 4.52. The van der Waals surface area contributed by atoms with Crippen LogP contribution in [0.5, 0.6) is 5.75 Å². The molecule has 1 fully saturated rings. The molecule has 1 aromatic carbocycles. The number of likely N-dealkylation sites (tertiary alicyclic amines) is 1. The topological polar surface area (TPSA) is 72.6 Å². The number of aromatic nitrogens is 1. The number of ether oxygens (including phenoxy) is 1. The number of hydrogen-bond acceptors (Lipinski definition) is 5. The van der Waals surface area contributed by atoms with Gasteiger partial charge in [0.15, 0.2) is 0 Å². The molecule has 7 heteroatoms. The van der Waals surface area contributed by atoms with Crippen molar-refractivity contribution in [1.82, 2.24) is 9.88 Å². The van der Waals surface area contributed by atoms with E-state index < -0.39 is 10.8 Å². The highest BCUT2D eigenvalue weighted by molar-refractivity contribution is 7.84. The van der Waals surface area contributed by atoms with Gasteiger partial charge in [-0.1, -0.05) is 0 Å². The van der Waals surface area contributed by atoms with Crippen LogP contribution in [0.25, 0.3) is 11.5 Å². The van der Waals surface area contributed by atoms with Crippen LogP contribution in [0.3, 0.4) is 0 Å². The number of nitrogens with zero attached hydrogens (tertiary/aromatic N) is 2. The third-order valence-corrected chi connectivity index (χ3v) is 5.68. The summed E-state index contributed by atoms with van der Waals surface area (Å²) in [6.07, 6.45) is 3.23. The molecule has 0 spiro atoms. The van der Waals surface area contributed by atoms with Crippen LogP contribution >= 0.6 is 0 Å². The number of piperidine rings is 1. The number of methoxy groups -OCH3 is 1. The van der Waals surface area contributed by atoms with Gasteiger partial charge in [-0.05, 0) is 50.5 Å². The van der Waals surface area contributed by atoms with E-state index in [9.17, 15) is 9.00 Å². The lowest BCUT2D eigenvalue weighted by Crippen LogP contribution is -2.38. The van der Waals surface area contributed by atoms with Gasteiger partial charge in [-0.3, -0.25) is 9.00 Å². The number of carbonyl (C=O) groups excluding carboxylic acids is 1. The molecule has 140 valence electrons. The van der Waals surface area contributed by atoms with E-state index in [2.05, 4.69) is 4.98 Å². The second-order valence-electron chi connectivity index (χ2n) is 6.42. The molecule has 1 aliphatic heterocycles. The van der Waals surface area contributed by atoms with Crippen LogP contribution in [-0.2, 0) is 21.3 Å². The van der Waals surface area contributed by atoms with Crippen LogP contribution in [-0.4, -0.2) is 46.0 Å². The van der Waals surface area contributed by atoms with Crippen molar-refractivity contribution in [2.45, 2.75) is 31.9 Å². The molecular formula is C19H24N2O4S. The summed E-state index contributed by atoms with van der Waals surface area (Å²) in [7, 11) is 0.319. The second kappa shape index (κ2) is 8.49. The zero-order valence-electron chi connectivity index (χ0n) is 15.2. The van der Waals surface area contributed by atoms with E-state index in [1.165, 1.54) is 6.42 Å². The fraction of sp³-hybridized carbons (Fsp3) is 0.474. The van der Waals surface area contributed by atoms with Gasteiger partial charge in [0.25, 0.3) is 0 Å². The molecule has 2 heterocycles. The summed E-state index contributed by atoms with van der Waals surface area (Å²) in [6, 6.07) is 7.41. The number of hydrogen-bond donors (Lipinski definition) is 0. The van der Waals surface area contributed by atoms with Crippen molar-refractivity contribution in [1.29, 1.82) is 0 Å². The summed E-state index contributed by atoms with van der Waals surface area (Å²) in [6.45, 7) is 3.36. The highest BCUT2D eigenvalue weighted by Gasteiger charge is 2.20. The van der Waals surface area contributed by atoms with Crippen LogP contribution < -0.4 is 4.74 Å². The monoisotopic (exact) mass is 376 g/mol. The Morgan fingerprint density at radius 3 is 2.58 bits per heavy atom. The SMILES string of the molecule is COc1ccc(-c2nc(CS(=O)CC(=O)N3CCCCC3)c(C)o2)cc1. The lowest BCUT2D eigenvalue weighted by Gasteiger charge is -2.26. The highest BCUT2D eigenvalue weighted by atomic mass is 32.2. The fourth-order valence-corrected chi connectivity index (χ4v) is 4.13. The first-order valence-corrected chi connectivity index (χ1v) is 10.3. The number of carbonyl (C=O) groups is 1. The molecule has 0 saturated carbocycles. The standard InChI is InChI=1S/C19H24N2O4S/c1-14-17(12-26(23)13-18(22)21-10-4-3-5-11-21)20-19(25-14)15-6-8-16(24-2)9-7-15/h6-9H,3-5,10-13H2,1-2H3. The molecule has 1 unspecified atom stereocenters. The highest BCUT2D eigenvalue weighted by Crippen LogP contribution is 2.24. The van der Waals surface area contributed by atoms with Gasteiger partial charge in [-0.2, -0.15) is 0 Å². The minimum atomic E-state index is -1.29. The summed E-state index contributed by atoms with van der Waals surface area (Å²) >= 11 is 0. The van der Waals surface area contributed by atoms with Gasteiger partial charge >= 0.3 is 0 Å². The molecule has 6 nitrogen and oxygen atoms in total. The van der Waals surface area contributed by atoms with Crippen molar-refractivity contribution in [2.24, 2.45) is 0 Å². The largest absolute Gasteiger partial charge is 0.497 e. The molecular weight excluding hydrogens is 352 g/mol. The molecule has 3 rings (SSSR count). The van der Waals surface area contributed by atoms with Gasteiger partial charge in [-0.15, -0.1) is 0 Å². The average Bonchev–Trinajstić information content (AvgIpc) is 3.02. The van der Waals surface area contributed by atoms with Crippen LogP contribution in [0.15, 0.2) is 28.7 Å². The zero-order chi connectivity index (χ0) is 18.5. The van der Waals surface area contributed by atoms with Gasteiger partial charge in [0.05, 0.1) is 18.6 Å². The van der Waals surface area contributed by atoms with Gasteiger partial charge in [0.1, 0.15) is 17.3 Å². The normalized spacial score (nSPS) is 15.7. The molecule has 0 aliphatic carbocycles. The molecule has 0 N–H and O–H groups in total. The van der Waals surface area contributed by atoms with Gasteiger partial charge in [0, 0.05) is 29.5 Å². The van der Waals surface area contributed by atoms with Crippen LogP contribution in [0.1, 0.15) is 30.7 Å². The van der Waals surface area contributed by atoms with Crippen LogP contribution in [0.2, 0.25) is 0 Å². The van der Waals surface area contributed by atoms with E-state index in [-0.39, 0.29) is 17.4 Å². The Morgan fingerprint density at radius 1 is 1.23 bits per heavy atom. The zero-order valence-corrected chi connectivity index (χ0v) is 16.0. The Bertz CT molecular complexity index is 779. The Labute approximate surface area is 156 Å². The average molecular weight is 376 g/mol. The Kier molecular flexibility index (Phi) is 6.08. The predicted octanol–water partition coefficient (Wildman–Crippen LogP) is 2.92. The van der Waals surface area contributed by atoms with E-state index in [1.54, 1.807) is 14.0 Å². The molecule has 1 atom stereocenters. The fourth-order valence-electron chi connectivity index (χ4n) is 2.99. The molecule has 0 bridgehead atoms. The Morgan fingerprint density at radius 2 is 1.92 bits per heavy atom. The van der Waals surface area contributed by atoms with Crippen molar-refractivity contribution in [2.75, 3.05) is 26.0 Å². The van der Waals surface area contributed by atoms with Crippen molar-refractivity contribution in [3.63, 3.8) is 0 Å². The number of oxazole rings is 1. The predicted molar refractivity (Wildman–Crippen MR) is 100 cm³/mol. The van der Waals surface area contributed by atoms with E-state index in [1.807, 2.05) is 29.2 Å². The van der Waals surface area contributed by atoms with E-state index in [0.717, 1.165) is 37.2 Å². The first-order chi connectivity index (χ1) is 12.6. The maximum absolute atomic E-state index is 12.4. The van der Waals surface area contributed by atoms with Gasteiger partial charge in [-0.25, -0.2) is 4.98 Å². The molecule has 26 heavy (non-hydrogen) atoms. The molecule has 0 radical (unpaired) electrons. The quantitative estimate of drug-likeness (QED) is 0.775. The van der Waals surface area contributed by atoms with Crippen molar-refractivity contribution >= 4 is 16.7 Å². The summed E-state index contributed by atoms with van der Waals surface area (Å²) in [4.78, 5) is 18.5. The first-order valence-electron chi connectivity index (χ1n) is 8.80. The van der Waals surface area contributed by atoms with Gasteiger partial charge < -0.3 is 14.1 Å². The van der Waals surface area contributed by atoms with E-state index >= 15 is 0 Å². The lowest BCUT2D eigenvalue weighted by molar-refractivity contribution is -0.129. The summed E-state index contributed by atoms with van der Waals surface area (Å²) < 4.78 is 23.3. The molecule has 1 amide bonds. The lowest BCUT2D eigenvalue weighted by atomic mass is 10.1. The number of rotatable bonds is 6. The number of amides is 1. The number of benzene rings is 1.